The number of aliphatic imine (C=N–C) groups is 1. The van der Waals surface area contributed by atoms with E-state index in [0.29, 0.717) is 0 Å². The SMILES string of the molecule is CN=C(NCCCSC)NC(C)c1ccccc1Cl.I. The predicted octanol–water partition coefficient (Wildman–Crippen LogP) is 3.94. The fourth-order valence-corrected chi connectivity index (χ4v) is 2.46. The smallest absolute Gasteiger partial charge is 0.191 e. The van der Waals surface area contributed by atoms with E-state index in [0.717, 1.165) is 35.3 Å². The van der Waals surface area contributed by atoms with E-state index in [1.54, 1.807) is 7.05 Å². The van der Waals surface area contributed by atoms with Crippen LogP contribution in [0.5, 0.6) is 0 Å². The molecule has 1 rings (SSSR count). The Bertz CT molecular complexity index is 415. The van der Waals surface area contributed by atoms with Crippen molar-refractivity contribution < 1.29 is 0 Å². The molecule has 3 nitrogen and oxygen atoms in total. The van der Waals surface area contributed by atoms with Crippen LogP contribution >= 0.6 is 47.3 Å². The topological polar surface area (TPSA) is 36.4 Å². The van der Waals surface area contributed by atoms with Crippen molar-refractivity contribution in [2.75, 3.05) is 25.6 Å². The van der Waals surface area contributed by atoms with Crippen LogP contribution in [0.1, 0.15) is 24.9 Å². The van der Waals surface area contributed by atoms with Gasteiger partial charge in [-0.05, 0) is 37.0 Å². The number of thioether (sulfide) groups is 1. The number of hydrogen-bond donors (Lipinski definition) is 2. The second-order valence-corrected chi connectivity index (χ2v) is 5.63. The molecule has 0 spiro atoms. The van der Waals surface area contributed by atoms with Crippen molar-refractivity contribution in [2.24, 2.45) is 4.99 Å². The molecule has 0 aliphatic rings. The maximum atomic E-state index is 6.19. The van der Waals surface area contributed by atoms with Crippen molar-refractivity contribution >= 4 is 53.3 Å². The quantitative estimate of drug-likeness (QED) is 0.312. The van der Waals surface area contributed by atoms with Crippen molar-refractivity contribution in [2.45, 2.75) is 19.4 Å². The highest BCUT2D eigenvalue weighted by atomic mass is 127. The van der Waals surface area contributed by atoms with Gasteiger partial charge in [0.2, 0.25) is 0 Å². The first kappa shape index (κ1) is 19.9. The molecule has 0 saturated heterocycles. The van der Waals surface area contributed by atoms with E-state index in [4.69, 9.17) is 11.6 Å². The Hall–Kier alpha value is -0.140. The summed E-state index contributed by atoms with van der Waals surface area (Å²) in [7, 11) is 1.78. The van der Waals surface area contributed by atoms with Gasteiger partial charge in [0, 0.05) is 18.6 Å². The van der Waals surface area contributed by atoms with Crippen molar-refractivity contribution in [1.29, 1.82) is 0 Å². The zero-order valence-corrected chi connectivity index (χ0v) is 16.1. The average molecular weight is 428 g/mol. The zero-order valence-electron chi connectivity index (χ0n) is 12.1. The summed E-state index contributed by atoms with van der Waals surface area (Å²) < 4.78 is 0. The highest BCUT2D eigenvalue weighted by molar-refractivity contribution is 14.0. The first-order valence-electron chi connectivity index (χ1n) is 6.39. The average Bonchev–Trinajstić information content (AvgIpc) is 2.42. The standard InChI is InChI=1S/C14H22ClN3S.HI/c1-11(12-7-4-5-8-13(12)15)18-14(16-2)17-9-6-10-19-3;/h4-5,7-8,11H,6,9-10H2,1-3H3,(H2,16,17,18);1H. The van der Waals surface area contributed by atoms with Crippen LogP contribution in [0.4, 0.5) is 0 Å². The van der Waals surface area contributed by atoms with Crippen LogP contribution in [0.15, 0.2) is 29.3 Å². The number of benzene rings is 1. The van der Waals surface area contributed by atoms with E-state index < -0.39 is 0 Å². The minimum atomic E-state index is 0. The molecule has 0 saturated carbocycles. The van der Waals surface area contributed by atoms with Gasteiger partial charge in [-0.1, -0.05) is 29.8 Å². The molecule has 0 aliphatic carbocycles. The second kappa shape index (κ2) is 11.5. The Kier molecular flexibility index (Phi) is 11.4. The molecule has 0 bridgehead atoms. The Morgan fingerprint density at radius 1 is 1.40 bits per heavy atom. The number of nitrogens with one attached hydrogen (secondary N) is 2. The summed E-state index contributed by atoms with van der Waals surface area (Å²) in [6, 6.07) is 7.99. The van der Waals surface area contributed by atoms with Crippen LogP contribution in [0.2, 0.25) is 5.02 Å². The lowest BCUT2D eigenvalue weighted by Crippen LogP contribution is -2.39. The van der Waals surface area contributed by atoms with Crippen molar-refractivity contribution in [1.82, 2.24) is 10.6 Å². The zero-order chi connectivity index (χ0) is 14.1. The third kappa shape index (κ3) is 7.04. The van der Waals surface area contributed by atoms with Gasteiger partial charge < -0.3 is 10.6 Å². The summed E-state index contributed by atoms with van der Waals surface area (Å²) >= 11 is 8.04. The molecule has 1 aromatic rings. The molecule has 0 heterocycles. The fraction of sp³-hybridized carbons (Fsp3) is 0.500. The molecule has 2 N–H and O–H groups in total. The summed E-state index contributed by atoms with van der Waals surface area (Å²) in [5.74, 6) is 1.97. The minimum absolute atomic E-state index is 0. The van der Waals surface area contributed by atoms with Gasteiger partial charge in [0.15, 0.2) is 5.96 Å². The molecule has 1 unspecified atom stereocenters. The van der Waals surface area contributed by atoms with E-state index in [1.165, 1.54) is 0 Å². The predicted molar refractivity (Wildman–Crippen MR) is 103 cm³/mol. The number of nitrogens with zero attached hydrogens (tertiary/aromatic N) is 1. The number of guanidine groups is 1. The number of halogens is 2. The minimum Gasteiger partial charge on any atom is -0.356 e. The lowest BCUT2D eigenvalue weighted by molar-refractivity contribution is 0.683. The van der Waals surface area contributed by atoms with Crippen LogP contribution in [0.25, 0.3) is 0 Å². The first-order valence-corrected chi connectivity index (χ1v) is 8.16. The Balaban J connectivity index is 0.00000361. The van der Waals surface area contributed by atoms with E-state index in [2.05, 4.69) is 28.8 Å². The third-order valence-electron chi connectivity index (χ3n) is 2.77. The van der Waals surface area contributed by atoms with Crippen LogP contribution in [0.3, 0.4) is 0 Å². The lowest BCUT2D eigenvalue weighted by atomic mass is 10.1. The fourth-order valence-electron chi connectivity index (χ4n) is 1.73. The largest absolute Gasteiger partial charge is 0.356 e. The molecule has 0 aromatic heterocycles. The highest BCUT2D eigenvalue weighted by Crippen LogP contribution is 2.21. The van der Waals surface area contributed by atoms with Gasteiger partial charge in [0.05, 0.1) is 6.04 Å². The molecule has 20 heavy (non-hydrogen) atoms. The Labute approximate surface area is 148 Å². The molecule has 1 atom stereocenters. The van der Waals surface area contributed by atoms with Crippen LogP contribution in [0, 0.1) is 0 Å². The number of hydrogen-bond acceptors (Lipinski definition) is 2. The van der Waals surface area contributed by atoms with Gasteiger partial charge >= 0.3 is 0 Å². The summed E-state index contributed by atoms with van der Waals surface area (Å²) in [5.41, 5.74) is 1.08. The Morgan fingerprint density at radius 3 is 2.70 bits per heavy atom. The van der Waals surface area contributed by atoms with E-state index in [1.807, 2.05) is 36.0 Å². The molecular weight excluding hydrogens is 405 g/mol. The van der Waals surface area contributed by atoms with Gasteiger partial charge in [-0.2, -0.15) is 11.8 Å². The summed E-state index contributed by atoms with van der Waals surface area (Å²) in [6.07, 6.45) is 3.24. The second-order valence-electron chi connectivity index (χ2n) is 4.23. The Morgan fingerprint density at radius 2 is 2.10 bits per heavy atom. The van der Waals surface area contributed by atoms with E-state index in [-0.39, 0.29) is 30.0 Å². The molecule has 114 valence electrons. The molecular formula is C14H23ClIN3S. The normalized spacial score (nSPS) is 12.5. The molecule has 0 amide bonds. The summed E-state index contributed by atoms with van der Waals surface area (Å²) in [6.45, 7) is 3.01. The monoisotopic (exact) mass is 427 g/mol. The van der Waals surface area contributed by atoms with Crippen LogP contribution in [-0.2, 0) is 0 Å². The molecule has 1 aromatic carbocycles. The van der Waals surface area contributed by atoms with Crippen molar-refractivity contribution in [3.63, 3.8) is 0 Å². The number of rotatable bonds is 6. The molecule has 6 heteroatoms. The van der Waals surface area contributed by atoms with E-state index >= 15 is 0 Å². The van der Waals surface area contributed by atoms with Gasteiger partial charge in [0.25, 0.3) is 0 Å². The van der Waals surface area contributed by atoms with Crippen molar-refractivity contribution in [3.8, 4) is 0 Å². The first-order chi connectivity index (χ1) is 9.19. The van der Waals surface area contributed by atoms with Gasteiger partial charge in [-0.25, -0.2) is 0 Å². The summed E-state index contributed by atoms with van der Waals surface area (Å²) in [4.78, 5) is 4.23. The maximum Gasteiger partial charge on any atom is 0.191 e. The van der Waals surface area contributed by atoms with Gasteiger partial charge in [-0.15, -0.1) is 24.0 Å². The molecule has 0 fully saturated rings. The van der Waals surface area contributed by atoms with Crippen molar-refractivity contribution in [3.05, 3.63) is 34.9 Å². The molecule has 0 radical (unpaired) electrons. The lowest BCUT2D eigenvalue weighted by Gasteiger charge is -2.19. The third-order valence-corrected chi connectivity index (χ3v) is 3.81. The van der Waals surface area contributed by atoms with Gasteiger partial charge in [-0.3, -0.25) is 4.99 Å². The molecule has 0 aliphatic heterocycles. The van der Waals surface area contributed by atoms with Crippen LogP contribution in [-0.4, -0.2) is 31.6 Å². The highest BCUT2D eigenvalue weighted by Gasteiger charge is 2.10. The van der Waals surface area contributed by atoms with E-state index in [9.17, 15) is 0 Å². The van der Waals surface area contributed by atoms with Gasteiger partial charge in [0.1, 0.15) is 0 Å². The summed E-state index contributed by atoms with van der Waals surface area (Å²) in [5, 5.41) is 7.43. The maximum absolute atomic E-state index is 6.19. The van der Waals surface area contributed by atoms with Crippen LogP contribution < -0.4 is 10.6 Å².